The molecule has 1 heterocycles. The molecule has 0 aliphatic rings. The SMILES string of the molecule is Cc1cccc(C)c1NC(=O)CNC(=O)CSc1nnc(-c2ccccc2)n1C. The van der Waals surface area contributed by atoms with Gasteiger partial charge in [-0.25, -0.2) is 0 Å². The zero-order valence-electron chi connectivity index (χ0n) is 16.6. The van der Waals surface area contributed by atoms with Crippen LogP contribution < -0.4 is 10.6 Å². The van der Waals surface area contributed by atoms with Crippen molar-refractivity contribution in [3.05, 3.63) is 59.7 Å². The third-order valence-corrected chi connectivity index (χ3v) is 5.41. The largest absolute Gasteiger partial charge is 0.346 e. The number of carbonyl (C=O) groups excluding carboxylic acids is 2. The number of hydrogen-bond acceptors (Lipinski definition) is 5. The Morgan fingerprint density at radius 2 is 1.66 bits per heavy atom. The molecule has 2 aromatic carbocycles. The number of anilines is 1. The highest BCUT2D eigenvalue weighted by Gasteiger charge is 2.14. The highest BCUT2D eigenvalue weighted by molar-refractivity contribution is 7.99. The molecule has 0 spiro atoms. The van der Waals surface area contributed by atoms with Crippen LogP contribution in [0.4, 0.5) is 5.69 Å². The van der Waals surface area contributed by atoms with Gasteiger partial charge in [-0.1, -0.05) is 60.3 Å². The number of nitrogens with one attached hydrogen (secondary N) is 2. The molecule has 0 radical (unpaired) electrons. The normalized spacial score (nSPS) is 10.6. The maximum atomic E-state index is 12.2. The van der Waals surface area contributed by atoms with Crippen molar-refractivity contribution >= 4 is 29.3 Å². The first-order chi connectivity index (χ1) is 14.0. The minimum atomic E-state index is -0.259. The van der Waals surface area contributed by atoms with Crippen molar-refractivity contribution < 1.29 is 9.59 Å². The van der Waals surface area contributed by atoms with Gasteiger partial charge in [0.25, 0.3) is 0 Å². The molecule has 3 aromatic rings. The van der Waals surface area contributed by atoms with Crippen molar-refractivity contribution in [2.75, 3.05) is 17.6 Å². The van der Waals surface area contributed by atoms with Gasteiger partial charge in [-0.2, -0.15) is 0 Å². The molecule has 0 saturated heterocycles. The highest BCUT2D eigenvalue weighted by Crippen LogP contribution is 2.22. The fourth-order valence-electron chi connectivity index (χ4n) is 2.83. The average Bonchev–Trinajstić information content (AvgIpc) is 3.09. The van der Waals surface area contributed by atoms with Gasteiger partial charge in [0.2, 0.25) is 11.8 Å². The average molecular weight is 410 g/mol. The number of aromatic nitrogens is 3. The molecule has 0 bridgehead atoms. The number of nitrogens with zero attached hydrogens (tertiary/aromatic N) is 3. The molecule has 0 aliphatic carbocycles. The molecule has 2 amide bonds. The van der Waals surface area contributed by atoms with Gasteiger partial charge in [0.1, 0.15) is 0 Å². The zero-order valence-corrected chi connectivity index (χ0v) is 17.4. The molecule has 2 N–H and O–H groups in total. The summed E-state index contributed by atoms with van der Waals surface area (Å²) in [5, 5.41) is 14.5. The number of amides is 2. The van der Waals surface area contributed by atoms with Crippen molar-refractivity contribution in [3.63, 3.8) is 0 Å². The second-order valence-corrected chi connectivity index (χ2v) is 7.55. The smallest absolute Gasteiger partial charge is 0.243 e. The molecule has 0 fully saturated rings. The van der Waals surface area contributed by atoms with Crippen LogP contribution in [0, 0.1) is 13.8 Å². The number of aryl methyl sites for hydroxylation is 2. The number of rotatable bonds is 7. The van der Waals surface area contributed by atoms with Crippen molar-refractivity contribution in [1.29, 1.82) is 0 Å². The van der Waals surface area contributed by atoms with Crippen LogP contribution in [0.2, 0.25) is 0 Å². The molecule has 0 aliphatic heterocycles. The van der Waals surface area contributed by atoms with Crippen LogP contribution in [0.3, 0.4) is 0 Å². The van der Waals surface area contributed by atoms with Gasteiger partial charge in [0.15, 0.2) is 11.0 Å². The Balaban J connectivity index is 1.49. The molecular formula is C21H23N5O2S. The first kappa shape index (κ1) is 20.6. The van der Waals surface area contributed by atoms with Gasteiger partial charge in [-0.15, -0.1) is 10.2 Å². The summed E-state index contributed by atoms with van der Waals surface area (Å²) in [6.07, 6.45) is 0. The summed E-state index contributed by atoms with van der Waals surface area (Å²) in [4.78, 5) is 24.3. The minimum Gasteiger partial charge on any atom is -0.346 e. The first-order valence-electron chi connectivity index (χ1n) is 9.16. The summed E-state index contributed by atoms with van der Waals surface area (Å²) in [5.41, 5.74) is 3.71. The molecule has 0 atom stereocenters. The summed E-state index contributed by atoms with van der Waals surface area (Å²) in [6, 6.07) is 15.5. The maximum Gasteiger partial charge on any atom is 0.243 e. The van der Waals surface area contributed by atoms with Crippen LogP contribution in [0.25, 0.3) is 11.4 Å². The number of para-hydroxylation sites is 1. The predicted molar refractivity (Wildman–Crippen MR) is 115 cm³/mol. The second-order valence-electron chi connectivity index (χ2n) is 6.61. The lowest BCUT2D eigenvalue weighted by Gasteiger charge is -2.11. The van der Waals surface area contributed by atoms with Gasteiger partial charge in [0, 0.05) is 18.3 Å². The Morgan fingerprint density at radius 1 is 0.966 bits per heavy atom. The van der Waals surface area contributed by atoms with Crippen molar-refractivity contribution in [2.24, 2.45) is 7.05 Å². The molecule has 8 heteroatoms. The second kappa shape index (κ2) is 9.38. The van der Waals surface area contributed by atoms with E-state index in [2.05, 4.69) is 20.8 Å². The van der Waals surface area contributed by atoms with Crippen molar-refractivity contribution in [3.8, 4) is 11.4 Å². The van der Waals surface area contributed by atoms with Gasteiger partial charge in [0.05, 0.1) is 12.3 Å². The topological polar surface area (TPSA) is 88.9 Å². The van der Waals surface area contributed by atoms with E-state index < -0.39 is 0 Å². The summed E-state index contributed by atoms with van der Waals surface area (Å²) in [7, 11) is 1.86. The molecule has 0 saturated carbocycles. The van der Waals surface area contributed by atoms with Crippen LogP contribution >= 0.6 is 11.8 Å². The van der Waals surface area contributed by atoms with Crippen LogP contribution in [-0.4, -0.2) is 38.9 Å². The molecular weight excluding hydrogens is 386 g/mol. The standard InChI is InChI=1S/C21H23N5O2S/c1-14-8-7-9-15(2)19(14)23-17(27)12-22-18(28)13-29-21-25-24-20(26(21)3)16-10-5-4-6-11-16/h4-11H,12-13H2,1-3H3,(H,22,28)(H,23,27). The highest BCUT2D eigenvalue weighted by atomic mass is 32.2. The molecule has 7 nitrogen and oxygen atoms in total. The molecule has 1 aromatic heterocycles. The van der Waals surface area contributed by atoms with Crippen LogP contribution in [0.1, 0.15) is 11.1 Å². The van der Waals surface area contributed by atoms with Gasteiger partial charge in [-0.05, 0) is 25.0 Å². The maximum absolute atomic E-state index is 12.2. The fourth-order valence-corrected chi connectivity index (χ4v) is 3.58. The van der Waals surface area contributed by atoms with E-state index in [1.807, 2.05) is 74.0 Å². The van der Waals surface area contributed by atoms with Gasteiger partial charge < -0.3 is 15.2 Å². The monoisotopic (exact) mass is 409 g/mol. The first-order valence-corrected chi connectivity index (χ1v) is 10.1. The van der Waals surface area contributed by atoms with Gasteiger partial charge in [-0.3, -0.25) is 9.59 Å². The van der Waals surface area contributed by atoms with E-state index in [4.69, 9.17) is 0 Å². The summed E-state index contributed by atoms with van der Waals surface area (Å²) < 4.78 is 1.85. The number of hydrogen-bond donors (Lipinski definition) is 2. The molecule has 150 valence electrons. The Morgan fingerprint density at radius 3 is 2.34 bits per heavy atom. The lowest BCUT2D eigenvalue weighted by molar-refractivity contribution is -0.122. The van der Waals surface area contributed by atoms with E-state index in [-0.39, 0.29) is 24.1 Å². The fraction of sp³-hybridized carbons (Fsp3) is 0.238. The van der Waals surface area contributed by atoms with Gasteiger partial charge >= 0.3 is 0 Å². The predicted octanol–water partition coefficient (Wildman–Crippen LogP) is 2.95. The number of thioether (sulfide) groups is 1. The summed E-state index contributed by atoms with van der Waals surface area (Å²) in [5.74, 6) is 0.389. The van der Waals surface area contributed by atoms with E-state index in [0.29, 0.717) is 5.16 Å². The quantitative estimate of drug-likeness (QED) is 0.586. The lowest BCUT2D eigenvalue weighted by Crippen LogP contribution is -2.34. The third kappa shape index (κ3) is 5.23. The Bertz CT molecular complexity index is 997. The lowest BCUT2D eigenvalue weighted by atomic mass is 10.1. The molecule has 3 rings (SSSR count). The van der Waals surface area contributed by atoms with Crippen LogP contribution in [0.5, 0.6) is 0 Å². The summed E-state index contributed by atoms with van der Waals surface area (Å²) >= 11 is 1.28. The van der Waals surface area contributed by atoms with E-state index in [1.165, 1.54) is 11.8 Å². The minimum absolute atomic E-state index is 0.0821. The van der Waals surface area contributed by atoms with E-state index in [1.54, 1.807) is 0 Å². The van der Waals surface area contributed by atoms with E-state index in [0.717, 1.165) is 28.2 Å². The van der Waals surface area contributed by atoms with Crippen LogP contribution in [0.15, 0.2) is 53.7 Å². The van der Waals surface area contributed by atoms with Crippen LogP contribution in [-0.2, 0) is 16.6 Å². The Kier molecular flexibility index (Phi) is 6.66. The van der Waals surface area contributed by atoms with Crippen molar-refractivity contribution in [2.45, 2.75) is 19.0 Å². The van der Waals surface area contributed by atoms with E-state index >= 15 is 0 Å². The summed E-state index contributed by atoms with van der Waals surface area (Å²) in [6.45, 7) is 3.78. The molecule has 0 unspecified atom stereocenters. The third-order valence-electron chi connectivity index (χ3n) is 4.39. The number of carbonyl (C=O) groups is 2. The van der Waals surface area contributed by atoms with Crippen molar-refractivity contribution in [1.82, 2.24) is 20.1 Å². The zero-order chi connectivity index (χ0) is 20.8. The number of benzene rings is 2. The Labute approximate surface area is 173 Å². The Hall–Kier alpha value is -3.13. The molecule has 29 heavy (non-hydrogen) atoms. The van der Waals surface area contributed by atoms with E-state index in [9.17, 15) is 9.59 Å².